The Labute approximate surface area is 177 Å². The molecule has 4 rings (SSSR count). The van der Waals surface area contributed by atoms with Crippen LogP contribution >= 0.6 is 11.6 Å². The molecule has 2 aliphatic rings. The van der Waals surface area contributed by atoms with E-state index in [0.717, 1.165) is 48.3 Å². The lowest BCUT2D eigenvalue weighted by Gasteiger charge is -2.42. The van der Waals surface area contributed by atoms with Gasteiger partial charge >= 0.3 is 0 Å². The number of ether oxygens (including phenoxy) is 2. The van der Waals surface area contributed by atoms with E-state index in [9.17, 15) is 4.79 Å². The molecule has 2 aromatic carbocycles. The summed E-state index contributed by atoms with van der Waals surface area (Å²) in [6, 6.07) is 13.6. The first-order valence-electron chi connectivity index (χ1n) is 10.5. The maximum atomic E-state index is 13.5. The van der Waals surface area contributed by atoms with Gasteiger partial charge in [0.15, 0.2) is 11.5 Å². The second-order valence-corrected chi connectivity index (χ2v) is 8.83. The van der Waals surface area contributed by atoms with Crippen LogP contribution in [0, 0.1) is 5.92 Å². The maximum Gasteiger partial charge on any atom is 0.231 e. The van der Waals surface area contributed by atoms with Crippen LogP contribution in [-0.2, 0) is 10.2 Å². The number of benzene rings is 2. The lowest BCUT2D eigenvalue weighted by Crippen LogP contribution is -2.50. The highest BCUT2D eigenvalue weighted by Crippen LogP contribution is 2.45. The minimum absolute atomic E-state index is 0.0931. The Hall–Kier alpha value is -2.20. The van der Waals surface area contributed by atoms with Crippen molar-refractivity contribution in [3.63, 3.8) is 0 Å². The summed E-state index contributed by atoms with van der Waals surface area (Å²) >= 11 is 6.06. The molecule has 1 heterocycles. The SMILES string of the molecule is CC(C)[C@@H](NC(=O)C1(c2ccc(Cl)cc2)CCC1)c1ccc2c(c1)OCCCO2. The number of hydrogen-bond donors (Lipinski definition) is 1. The van der Waals surface area contributed by atoms with E-state index in [-0.39, 0.29) is 17.9 Å². The molecule has 1 atom stereocenters. The summed E-state index contributed by atoms with van der Waals surface area (Å²) in [5.41, 5.74) is 1.64. The second-order valence-electron chi connectivity index (χ2n) is 8.39. The average molecular weight is 414 g/mol. The highest BCUT2D eigenvalue weighted by atomic mass is 35.5. The van der Waals surface area contributed by atoms with E-state index in [1.54, 1.807) is 0 Å². The van der Waals surface area contributed by atoms with Gasteiger partial charge in [-0.25, -0.2) is 0 Å². The number of hydrogen-bond acceptors (Lipinski definition) is 3. The molecular formula is C24H28ClNO3. The molecule has 29 heavy (non-hydrogen) atoms. The molecular weight excluding hydrogens is 386 g/mol. The average Bonchev–Trinajstić information content (AvgIpc) is 2.91. The molecule has 0 bridgehead atoms. The molecule has 0 radical (unpaired) electrons. The van der Waals surface area contributed by atoms with Crippen molar-refractivity contribution >= 4 is 17.5 Å². The van der Waals surface area contributed by atoms with Crippen molar-refractivity contribution in [1.82, 2.24) is 5.32 Å². The summed E-state index contributed by atoms with van der Waals surface area (Å²) in [5, 5.41) is 4.03. The third-order valence-electron chi connectivity index (χ3n) is 6.12. The van der Waals surface area contributed by atoms with Gasteiger partial charge in [-0.05, 0) is 54.2 Å². The molecule has 1 aliphatic heterocycles. The number of carbonyl (C=O) groups excluding carboxylic acids is 1. The predicted octanol–water partition coefficient (Wildman–Crippen LogP) is 5.44. The van der Waals surface area contributed by atoms with Gasteiger partial charge in [0.25, 0.3) is 0 Å². The Kier molecular flexibility index (Phi) is 5.73. The number of fused-ring (bicyclic) bond motifs is 1. The number of carbonyl (C=O) groups is 1. The molecule has 5 heteroatoms. The predicted molar refractivity (Wildman–Crippen MR) is 115 cm³/mol. The summed E-state index contributed by atoms with van der Waals surface area (Å²) in [4.78, 5) is 13.5. The van der Waals surface area contributed by atoms with Crippen LogP contribution in [0.15, 0.2) is 42.5 Å². The largest absolute Gasteiger partial charge is 0.490 e. The smallest absolute Gasteiger partial charge is 0.231 e. The first-order valence-corrected chi connectivity index (χ1v) is 10.8. The second kappa shape index (κ2) is 8.27. The van der Waals surface area contributed by atoms with Crippen molar-refractivity contribution in [3.8, 4) is 11.5 Å². The van der Waals surface area contributed by atoms with Crippen LogP contribution in [0.1, 0.15) is 56.7 Å². The van der Waals surface area contributed by atoms with Crippen molar-refractivity contribution in [2.24, 2.45) is 5.92 Å². The van der Waals surface area contributed by atoms with Crippen molar-refractivity contribution in [2.45, 2.75) is 51.0 Å². The molecule has 1 N–H and O–H groups in total. The van der Waals surface area contributed by atoms with Crippen molar-refractivity contribution in [3.05, 3.63) is 58.6 Å². The molecule has 0 spiro atoms. The van der Waals surface area contributed by atoms with Gasteiger partial charge < -0.3 is 14.8 Å². The summed E-state index contributed by atoms with van der Waals surface area (Å²) in [5.74, 6) is 1.87. The van der Waals surface area contributed by atoms with Gasteiger partial charge in [0.05, 0.1) is 24.7 Å². The summed E-state index contributed by atoms with van der Waals surface area (Å²) < 4.78 is 11.6. The molecule has 154 valence electrons. The van der Waals surface area contributed by atoms with Gasteiger partial charge in [-0.1, -0.05) is 50.1 Å². The topological polar surface area (TPSA) is 47.6 Å². The van der Waals surface area contributed by atoms with Crippen LogP contribution in [0.25, 0.3) is 0 Å². The Morgan fingerprint density at radius 3 is 2.31 bits per heavy atom. The number of halogens is 1. The zero-order valence-corrected chi connectivity index (χ0v) is 17.8. The number of nitrogens with one attached hydrogen (secondary N) is 1. The molecule has 1 aliphatic carbocycles. The Balaban J connectivity index is 1.59. The van der Waals surface area contributed by atoms with Crippen LogP contribution in [0.2, 0.25) is 5.02 Å². The minimum atomic E-state index is -0.455. The van der Waals surface area contributed by atoms with Crippen LogP contribution in [-0.4, -0.2) is 19.1 Å². The number of amides is 1. The van der Waals surface area contributed by atoms with Crippen LogP contribution in [0.4, 0.5) is 0 Å². The first kappa shape index (κ1) is 20.1. The van der Waals surface area contributed by atoms with Gasteiger partial charge in [-0.15, -0.1) is 0 Å². The molecule has 1 amide bonds. The Morgan fingerprint density at radius 1 is 1.00 bits per heavy atom. The van der Waals surface area contributed by atoms with Gasteiger partial charge in [-0.2, -0.15) is 0 Å². The molecule has 2 aromatic rings. The van der Waals surface area contributed by atoms with Gasteiger partial charge in [0, 0.05) is 11.4 Å². The van der Waals surface area contributed by atoms with Gasteiger partial charge in [0.1, 0.15) is 0 Å². The molecule has 0 aromatic heterocycles. The van der Waals surface area contributed by atoms with E-state index in [1.165, 1.54) is 0 Å². The Morgan fingerprint density at radius 2 is 1.69 bits per heavy atom. The molecule has 1 saturated carbocycles. The normalized spacial score (nSPS) is 18.5. The summed E-state index contributed by atoms with van der Waals surface area (Å²) in [7, 11) is 0. The molecule has 0 saturated heterocycles. The fourth-order valence-electron chi connectivity index (χ4n) is 4.23. The first-order chi connectivity index (χ1) is 14.0. The van der Waals surface area contributed by atoms with E-state index >= 15 is 0 Å². The van der Waals surface area contributed by atoms with Crippen molar-refractivity contribution < 1.29 is 14.3 Å². The zero-order chi connectivity index (χ0) is 20.4. The highest BCUT2D eigenvalue weighted by molar-refractivity contribution is 6.30. The van der Waals surface area contributed by atoms with E-state index < -0.39 is 5.41 Å². The van der Waals surface area contributed by atoms with Crippen molar-refractivity contribution in [2.75, 3.05) is 13.2 Å². The summed E-state index contributed by atoms with van der Waals surface area (Å²) in [6.45, 7) is 5.57. The highest BCUT2D eigenvalue weighted by Gasteiger charge is 2.46. The zero-order valence-electron chi connectivity index (χ0n) is 17.0. The minimum Gasteiger partial charge on any atom is -0.490 e. The fourth-order valence-corrected chi connectivity index (χ4v) is 4.36. The number of rotatable bonds is 5. The maximum absolute atomic E-state index is 13.5. The van der Waals surface area contributed by atoms with E-state index in [2.05, 4.69) is 19.2 Å². The molecule has 0 unspecified atom stereocenters. The standard InChI is InChI=1S/C24H28ClNO3/c1-16(2)22(17-5-10-20-21(15-17)29-14-4-13-28-20)26-23(27)24(11-3-12-24)18-6-8-19(25)9-7-18/h5-10,15-16,22H,3-4,11-14H2,1-2H3,(H,26,27)/t22-/m1/s1. The third-order valence-corrected chi connectivity index (χ3v) is 6.37. The Bertz CT molecular complexity index is 874. The van der Waals surface area contributed by atoms with Gasteiger partial charge in [-0.3, -0.25) is 4.79 Å². The lowest BCUT2D eigenvalue weighted by atomic mass is 9.63. The monoisotopic (exact) mass is 413 g/mol. The molecule has 4 nitrogen and oxygen atoms in total. The lowest BCUT2D eigenvalue weighted by molar-refractivity contribution is -0.131. The van der Waals surface area contributed by atoms with Crippen LogP contribution < -0.4 is 14.8 Å². The molecule has 1 fully saturated rings. The van der Waals surface area contributed by atoms with Crippen molar-refractivity contribution in [1.29, 1.82) is 0 Å². The van der Waals surface area contributed by atoms with E-state index in [4.69, 9.17) is 21.1 Å². The third kappa shape index (κ3) is 3.95. The van der Waals surface area contributed by atoms with E-state index in [0.29, 0.717) is 18.2 Å². The summed E-state index contributed by atoms with van der Waals surface area (Å²) in [6.07, 6.45) is 3.67. The van der Waals surface area contributed by atoms with E-state index in [1.807, 2.05) is 42.5 Å². The fraction of sp³-hybridized carbons (Fsp3) is 0.458. The van der Waals surface area contributed by atoms with Gasteiger partial charge in [0.2, 0.25) is 5.91 Å². The van der Waals surface area contributed by atoms with Crippen LogP contribution in [0.5, 0.6) is 11.5 Å². The van der Waals surface area contributed by atoms with Crippen LogP contribution in [0.3, 0.4) is 0 Å². The quantitative estimate of drug-likeness (QED) is 0.710.